The average Bonchev–Trinajstić information content (AvgIpc) is 2.51. The van der Waals surface area contributed by atoms with Crippen LogP contribution in [0.3, 0.4) is 0 Å². The number of hydrogen-bond acceptors (Lipinski definition) is 2. The zero-order chi connectivity index (χ0) is 9.97. The Hall–Kier alpha value is -1.64. The minimum atomic E-state index is 0.0830. The summed E-state index contributed by atoms with van der Waals surface area (Å²) in [4.78, 5) is 2.85. The van der Waals surface area contributed by atoms with Crippen molar-refractivity contribution in [1.29, 1.82) is 0 Å². The summed E-state index contributed by atoms with van der Waals surface area (Å²) in [6.07, 6.45) is 0.680. The van der Waals surface area contributed by atoms with Gasteiger partial charge in [-0.15, -0.1) is 0 Å². The number of aromatic amines is 1. The van der Waals surface area contributed by atoms with Gasteiger partial charge in [0, 0.05) is 5.39 Å². The summed E-state index contributed by atoms with van der Waals surface area (Å²) in [6, 6.07) is 7.62. The SMILES string of the molecule is [CH2]CCOc1c(O)[nH]c2ccccc12. The van der Waals surface area contributed by atoms with Gasteiger partial charge < -0.3 is 14.8 Å². The number of aromatic hydroxyl groups is 1. The first-order valence-electron chi connectivity index (χ1n) is 4.54. The van der Waals surface area contributed by atoms with Crippen LogP contribution < -0.4 is 4.74 Å². The Bertz CT molecular complexity index is 434. The molecule has 2 rings (SSSR count). The predicted molar refractivity (Wildman–Crippen MR) is 55.4 cm³/mol. The maximum absolute atomic E-state index is 9.56. The highest BCUT2D eigenvalue weighted by Crippen LogP contribution is 2.34. The second kappa shape index (κ2) is 3.62. The maximum Gasteiger partial charge on any atom is 0.233 e. The van der Waals surface area contributed by atoms with Crippen LogP contribution in [0.2, 0.25) is 0 Å². The zero-order valence-electron chi connectivity index (χ0n) is 7.79. The van der Waals surface area contributed by atoms with E-state index in [-0.39, 0.29) is 5.88 Å². The quantitative estimate of drug-likeness (QED) is 0.780. The summed E-state index contributed by atoms with van der Waals surface area (Å²) in [5.74, 6) is 0.601. The lowest BCUT2D eigenvalue weighted by atomic mass is 10.2. The third-order valence-electron chi connectivity index (χ3n) is 2.03. The molecule has 0 aliphatic rings. The standard InChI is InChI=1S/C11H12NO2/c1-2-7-14-10-8-5-3-4-6-9(8)12-11(10)13/h3-6,12-13H,1-2,7H2. The number of nitrogens with one attached hydrogen (secondary N) is 1. The second-order valence-electron chi connectivity index (χ2n) is 3.05. The highest BCUT2D eigenvalue weighted by atomic mass is 16.5. The van der Waals surface area contributed by atoms with Crippen LogP contribution >= 0.6 is 0 Å². The van der Waals surface area contributed by atoms with Crippen molar-refractivity contribution in [3.8, 4) is 11.6 Å². The molecule has 0 bridgehead atoms. The first-order chi connectivity index (χ1) is 6.83. The van der Waals surface area contributed by atoms with Gasteiger partial charge in [0.25, 0.3) is 0 Å². The fourth-order valence-corrected chi connectivity index (χ4v) is 1.42. The largest absolute Gasteiger partial charge is 0.492 e. The molecule has 0 unspecified atom stereocenters. The molecule has 0 aliphatic heterocycles. The van der Waals surface area contributed by atoms with E-state index in [9.17, 15) is 5.11 Å². The molecule has 0 atom stereocenters. The molecule has 0 saturated heterocycles. The third kappa shape index (κ3) is 1.41. The molecule has 2 aromatic rings. The fraction of sp³-hybridized carbons (Fsp3) is 0.182. The molecule has 0 spiro atoms. The van der Waals surface area contributed by atoms with Gasteiger partial charge in [-0.05, 0) is 25.5 Å². The van der Waals surface area contributed by atoms with E-state index >= 15 is 0 Å². The van der Waals surface area contributed by atoms with Gasteiger partial charge in [0.1, 0.15) is 0 Å². The van der Waals surface area contributed by atoms with E-state index in [1.807, 2.05) is 24.3 Å². The zero-order valence-corrected chi connectivity index (χ0v) is 7.79. The third-order valence-corrected chi connectivity index (χ3v) is 2.03. The van der Waals surface area contributed by atoms with Crippen molar-refractivity contribution >= 4 is 10.9 Å². The first-order valence-corrected chi connectivity index (χ1v) is 4.54. The number of H-pyrrole nitrogens is 1. The van der Waals surface area contributed by atoms with Crippen molar-refractivity contribution in [3.05, 3.63) is 31.2 Å². The van der Waals surface area contributed by atoms with E-state index in [0.29, 0.717) is 18.8 Å². The average molecular weight is 190 g/mol. The van der Waals surface area contributed by atoms with Gasteiger partial charge in [-0.25, -0.2) is 0 Å². The molecule has 0 saturated carbocycles. The summed E-state index contributed by atoms with van der Waals surface area (Å²) in [6.45, 7) is 4.19. The van der Waals surface area contributed by atoms with Crippen molar-refractivity contribution in [2.75, 3.05) is 6.61 Å². The molecule has 0 aliphatic carbocycles. The van der Waals surface area contributed by atoms with E-state index in [2.05, 4.69) is 11.9 Å². The Morgan fingerprint density at radius 2 is 2.14 bits per heavy atom. The number of fused-ring (bicyclic) bond motifs is 1. The van der Waals surface area contributed by atoms with Crippen molar-refractivity contribution in [2.24, 2.45) is 0 Å². The molecule has 3 heteroatoms. The highest BCUT2D eigenvalue weighted by molar-refractivity contribution is 5.88. The molecular formula is C11H12NO2. The van der Waals surface area contributed by atoms with Gasteiger partial charge in [0.2, 0.25) is 5.88 Å². The molecule has 1 aromatic carbocycles. The maximum atomic E-state index is 9.56. The van der Waals surface area contributed by atoms with E-state index < -0.39 is 0 Å². The van der Waals surface area contributed by atoms with Crippen LogP contribution in [0, 0.1) is 6.92 Å². The number of benzene rings is 1. The molecule has 3 nitrogen and oxygen atoms in total. The summed E-state index contributed by atoms with van der Waals surface area (Å²) < 4.78 is 5.40. The predicted octanol–water partition coefficient (Wildman–Crippen LogP) is 2.48. The van der Waals surface area contributed by atoms with Gasteiger partial charge in [0.15, 0.2) is 5.75 Å². The van der Waals surface area contributed by atoms with Crippen LogP contribution in [0.25, 0.3) is 10.9 Å². The van der Waals surface area contributed by atoms with E-state index in [4.69, 9.17) is 4.74 Å². The van der Waals surface area contributed by atoms with Gasteiger partial charge in [-0.1, -0.05) is 12.1 Å². The summed E-state index contributed by atoms with van der Waals surface area (Å²) >= 11 is 0. The molecule has 1 aromatic heterocycles. The summed E-state index contributed by atoms with van der Waals surface area (Å²) in [7, 11) is 0. The number of aromatic nitrogens is 1. The Kier molecular flexibility index (Phi) is 2.31. The van der Waals surface area contributed by atoms with Crippen LogP contribution in [0.4, 0.5) is 0 Å². The summed E-state index contributed by atoms with van der Waals surface area (Å²) in [5, 5.41) is 10.5. The normalized spacial score (nSPS) is 10.6. The number of para-hydroxylation sites is 1. The van der Waals surface area contributed by atoms with Crippen LogP contribution in [0.5, 0.6) is 11.6 Å². The fourth-order valence-electron chi connectivity index (χ4n) is 1.42. The van der Waals surface area contributed by atoms with Crippen LogP contribution in [-0.2, 0) is 0 Å². The molecule has 0 amide bonds. The lowest BCUT2D eigenvalue weighted by Gasteiger charge is -2.02. The Balaban J connectivity index is 2.45. The van der Waals surface area contributed by atoms with Gasteiger partial charge in [0.05, 0.1) is 12.1 Å². The van der Waals surface area contributed by atoms with Crippen LogP contribution in [-0.4, -0.2) is 16.7 Å². The van der Waals surface area contributed by atoms with E-state index in [0.717, 1.165) is 10.9 Å². The molecule has 14 heavy (non-hydrogen) atoms. The molecule has 0 fully saturated rings. The van der Waals surface area contributed by atoms with Crippen molar-refractivity contribution < 1.29 is 9.84 Å². The van der Waals surface area contributed by atoms with Gasteiger partial charge in [-0.3, -0.25) is 0 Å². The van der Waals surface area contributed by atoms with E-state index in [1.165, 1.54) is 0 Å². The van der Waals surface area contributed by atoms with Crippen molar-refractivity contribution in [2.45, 2.75) is 6.42 Å². The number of rotatable bonds is 3. The highest BCUT2D eigenvalue weighted by Gasteiger charge is 2.10. The molecule has 1 heterocycles. The Morgan fingerprint density at radius 3 is 2.93 bits per heavy atom. The van der Waals surface area contributed by atoms with Crippen LogP contribution in [0.1, 0.15) is 6.42 Å². The smallest absolute Gasteiger partial charge is 0.233 e. The van der Waals surface area contributed by atoms with Gasteiger partial charge in [-0.2, -0.15) is 0 Å². The summed E-state index contributed by atoms with van der Waals surface area (Å²) in [5.41, 5.74) is 0.879. The Morgan fingerprint density at radius 1 is 1.36 bits per heavy atom. The minimum absolute atomic E-state index is 0.0830. The van der Waals surface area contributed by atoms with Crippen molar-refractivity contribution in [1.82, 2.24) is 4.98 Å². The molecule has 2 N–H and O–H groups in total. The van der Waals surface area contributed by atoms with Crippen molar-refractivity contribution in [3.63, 3.8) is 0 Å². The Labute approximate surface area is 82.3 Å². The monoisotopic (exact) mass is 190 g/mol. The topological polar surface area (TPSA) is 45.2 Å². The lowest BCUT2D eigenvalue weighted by Crippen LogP contribution is -1.94. The second-order valence-corrected chi connectivity index (χ2v) is 3.05. The number of hydrogen-bond donors (Lipinski definition) is 2. The minimum Gasteiger partial charge on any atom is -0.492 e. The molecule has 73 valence electrons. The first kappa shape index (κ1) is 8.94. The van der Waals surface area contributed by atoms with Gasteiger partial charge >= 0.3 is 0 Å². The lowest BCUT2D eigenvalue weighted by molar-refractivity contribution is 0.307. The van der Waals surface area contributed by atoms with E-state index in [1.54, 1.807) is 0 Å². The number of ether oxygens (including phenoxy) is 1. The van der Waals surface area contributed by atoms with Crippen LogP contribution in [0.15, 0.2) is 24.3 Å². The molecular weight excluding hydrogens is 178 g/mol. The molecule has 1 radical (unpaired) electrons.